The lowest BCUT2D eigenvalue weighted by Gasteiger charge is -2.29. The molecule has 3 heterocycles. The fraction of sp³-hybridized carbons (Fsp3) is 0.333. The summed E-state index contributed by atoms with van der Waals surface area (Å²) in [6.45, 7) is 4.11. The second kappa shape index (κ2) is 4.06. The largest absolute Gasteiger partial charge is 0.366 e. The Morgan fingerprint density at radius 1 is 1.19 bits per heavy atom. The van der Waals surface area contributed by atoms with Gasteiger partial charge in [0.2, 0.25) is 0 Å². The van der Waals surface area contributed by atoms with E-state index in [2.05, 4.69) is 26.3 Å². The van der Waals surface area contributed by atoms with Crippen LogP contribution >= 0.6 is 0 Å². The van der Waals surface area contributed by atoms with Gasteiger partial charge in [-0.1, -0.05) is 0 Å². The molecule has 4 heteroatoms. The van der Waals surface area contributed by atoms with E-state index in [1.165, 1.54) is 0 Å². The molecule has 0 aromatic carbocycles. The van der Waals surface area contributed by atoms with Crippen LogP contribution in [0.3, 0.4) is 0 Å². The maximum Gasteiger partial charge on any atom is 0.0966 e. The summed E-state index contributed by atoms with van der Waals surface area (Å²) < 4.78 is 0. The van der Waals surface area contributed by atoms with Gasteiger partial charge < -0.3 is 10.2 Å². The number of aromatic nitrogens is 2. The molecule has 0 spiro atoms. The van der Waals surface area contributed by atoms with Crippen LogP contribution in [0.15, 0.2) is 30.7 Å². The monoisotopic (exact) mass is 214 g/mol. The van der Waals surface area contributed by atoms with Gasteiger partial charge in [-0.15, -0.1) is 0 Å². The van der Waals surface area contributed by atoms with E-state index in [4.69, 9.17) is 0 Å². The molecule has 2 aromatic rings. The average molecular weight is 214 g/mol. The number of rotatable bonds is 1. The first kappa shape index (κ1) is 9.54. The highest BCUT2D eigenvalue weighted by molar-refractivity contribution is 5.89. The molecule has 0 unspecified atom stereocenters. The van der Waals surface area contributed by atoms with Gasteiger partial charge in [-0.3, -0.25) is 9.97 Å². The van der Waals surface area contributed by atoms with Gasteiger partial charge in [0.05, 0.1) is 17.4 Å². The Bertz CT molecular complexity index is 486. The molecule has 16 heavy (non-hydrogen) atoms. The standard InChI is InChI=1S/C12H14N4/c1-2-10-8-14-9-11(12(10)15-3-1)16-6-4-13-5-7-16/h1-3,8-9,13H,4-7H2. The molecule has 0 radical (unpaired) electrons. The van der Waals surface area contributed by atoms with Crippen molar-refractivity contribution in [2.75, 3.05) is 31.1 Å². The second-order valence-corrected chi connectivity index (χ2v) is 3.97. The fourth-order valence-corrected chi connectivity index (χ4v) is 2.12. The van der Waals surface area contributed by atoms with E-state index < -0.39 is 0 Å². The molecule has 3 rings (SSSR count). The van der Waals surface area contributed by atoms with Gasteiger partial charge in [0.25, 0.3) is 0 Å². The number of anilines is 1. The van der Waals surface area contributed by atoms with Crippen molar-refractivity contribution in [3.63, 3.8) is 0 Å². The third kappa shape index (κ3) is 1.61. The lowest BCUT2D eigenvalue weighted by molar-refractivity contribution is 0.589. The van der Waals surface area contributed by atoms with Crippen molar-refractivity contribution in [2.45, 2.75) is 0 Å². The molecule has 82 valence electrons. The second-order valence-electron chi connectivity index (χ2n) is 3.97. The molecule has 1 saturated heterocycles. The van der Waals surface area contributed by atoms with Gasteiger partial charge in [-0.2, -0.15) is 0 Å². The molecule has 1 N–H and O–H groups in total. The van der Waals surface area contributed by atoms with Crippen molar-refractivity contribution in [3.8, 4) is 0 Å². The van der Waals surface area contributed by atoms with Gasteiger partial charge in [0.15, 0.2) is 0 Å². The third-order valence-corrected chi connectivity index (χ3v) is 2.95. The zero-order chi connectivity index (χ0) is 10.8. The van der Waals surface area contributed by atoms with E-state index in [-0.39, 0.29) is 0 Å². The summed E-state index contributed by atoms with van der Waals surface area (Å²) in [6.07, 6.45) is 5.63. The highest BCUT2D eigenvalue weighted by Gasteiger charge is 2.13. The minimum atomic E-state index is 1.03. The first-order valence-corrected chi connectivity index (χ1v) is 5.59. The van der Waals surface area contributed by atoms with Crippen molar-refractivity contribution >= 4 is 16.6 Å². The minimum absolute atomic E-state index is 1.03. The van der Waals surface area contributed by atoms with Crippen molar-refractivity contribution in [1.82, 2.24) is 15.3 Å². The summed E-state index contributed by atoms with van der Waals surface area (Å²) in [7, 11) is 0. The topological polar surface area (TPSA) is 41.1 Å². The van der Waals surface area contributed by atoms with Crippen molar-refractivity contribution in [3.05, 3.63) is 30.7 Å². The zero-order valence-corrected chi connectivity index (χ0v) is 9.06. The average Bonchev–Trinajstić information content (AvgIpc) is 2.39. The maximum absolute atomic E-state index is 4.45. The van der Waals surface area contributed by atoms with Gasteiger partial charge in [-0.25, -0.2) is 0 Å². The predicted octanol–water partition coefficient (Wildman–Crippen LogP) is 1.04. The Morgan fingerprint density at radius 2 is 2.06 bits per heavy atom. The first-order chi connectivity index (χ1) is 7.95. The summed E-state index contributed by atoms with van der Waals surface area (Å²) in [5, 5.41) is 4.46. The Balaban J connectivity index is 2.08. The summed E-state index contributed by atoms with van der Waals surface area (Å²) >= 11 is 0. The highest BCUT2D eigenvalue weighted by Crippen LogP contribution is 2.23. The van der Waals surface area contributed by atoms with Gasteiger partial charge in [-0.05, 0) is 12.1 Å². The van der Waals surface area contributed by atoms with Crippen molar-refractivity contribution in [1.29, 1.82) is 0 Å². The number of nitrogens with zero attached hydrogens (tertiary/aromatic N) is 3. The summed E-state index contributed by atoms with van der Waals surface area (Å²) in [4.78, 5) is 11.1. The van der Waals surface area contributed by atoms with Gasteiger partial charge >= 0.3 is 0 Å². The molecule has 0 atom stereocenters. The van der Waals surface area contributed by atoms with Crippen LogP contribution in [0.25, 0.3) is 10.9 Å². The van der Waals surface area contributed by atoms with Crippen molar-refractivity contribution in [2.24, 2.45) is 0 Å². The number of fused-ring (bicyclic) bond motifs is 1. The third-order valence-electron chi connectivity index (χ3n) is 2.95. The molecule has 0 bridgehead atoms. The molecule has 0 saturated carbocycles. The van der Waals surface area contributed by atoms with E-state index >= 15 is 0 Å². The normalized spacial score (nSPS) is 16.6. The SMILES string of the molecule is c1cnc2c(N3CCNCC3)cncc2c1. The number of hydrogen-bond donors (Lipinski definition) is 1. The zero-order valence-electron chi connectivity index (χ0n) is 9.06. The fourth-order valence-electron chi connectivity index (χ4n) is 2.12. The predicted molar refractivity (Wildman–Crippen MR) is 64.6 cm³/mol. The molecule has 0 aliphatic carbocycles. The van der Waals surface area contributed by atoms with E-state index in [1.54, 1.807) is 0 Å². The van der Waals surface area contributed by atoms with E-state index in [1.807, 2.05) is 24.7 Å². The van der Waals surface area contributed by atoms with E-state index in [0.29, 0.717) is 0 Å². The number of hydrogen-bond acceptors (Lipinski definition) is 4. The smallest absolute Gasteiger partial charge is 0.0966 e. The molecule has 0 amide bonds. The van der Waals surface area contributed by atoms with Gasteiger partial charge in [0.1, 0.15) is 0 Å². The number of nitrogens with one attached hydrogen (secondary N) is 1. The first-order valence-electron chi connectivity index (χ1n) is 5.59. The molecular weight excluding hydrogens is 200 g/mol. The van der Waals surface area contributed by atoms with Crippen LogP contribution in [0.2, 0.25) is 0 Å². The van der Waals surface area contributed by atoms with Crippen LogP contribution in [-0.2, 0) is 0 Å². The lowest BCUT2D eigenvalue weighted by Crippen LogP contribution is -2.43. The Kier molecular flexibility index (Phi) is 2.42. The Morgan fingerprint density at radius 3 is 2.94 bits per heavy atom. The van der Waals surface area contributed by atoms with Crippen LogP contribution in [0.1, 0.15) is 0 Å². The Hall–Kier alpha value is -1.68. The van der Waals surface area contributed by atoms with E-state index in [9.17, 15) is 0 Å². The van der Waals surface area contributed by atoms with Crippen LogP contribution in [0.4, 0.5) is 5.69 Å². The van der Waals surface area contributed by atoms with E-state index in [0.717, 1.165) is 42.8 Å². The quantitative estimate of drug-likeness (QED) is 0.770. The minimum Gasteiger partial charge on any atom is -0.366 e. The maximum atomic E-state index is 4.45. The van der Waals surface area contributed by atoms with Crippen LogP contribution < -0.4 is 10.2 Å². The molecular formula is C12H14N4. The van der Waals surface area contributed by atoms with Crippen LogP contribution in [-0.4, -0.2) is 36.1 Å². The van der Waals surface area contributed by atoms with Gasteiger partial charge in [0, 0.05) is 44.0 Å². The lowest BCUT2D eigenvalue weighted by atomic mass is 10.2. The van der Waals surface area contributed by atoms with Crippen LogP contribution in [0.5, 0.6) is 0 Å². The number of pyridine rings is 2. The molecule has 1 aliphatic heterocycles. The highest BCUT2D eigenvalue weighted by atomic mass is 15.2. The van der Waals surface area contributed by atoms with Crippen LogP contribution in [0, 0.1) is 0 Å². The molecule has 4 nitrogen and oxygen atoms in total. The molecule has 1 fully saturated rings. The summed E-state index contributed by atoms with van der Waals surface area (Å²) in [5.41, 5.74) is 2.21. The molecule has 1 aliphatic rings. The number of piperazine rings is 1. The Labute approximate surface area is 94.3 Å². The van der Waals surface area contributed by atoms with Crippen molar-refractivity contribution < 1.29 is 0 Å². The molecule has 2 aromatic heterocycles. The summed E-state index contributed by atoms with van der Waals surface area (Å²) in [5.74, 6) is 0. The summed E-state index contributed by atoms with van der Waals surface area (Å²) in [6, 6.07) is 4.01.